The van der Waals surface area contributed by atoms with Crippen LogP contribution in [0.15, 0.2) is 18.2 Å². The summed E-state index contributed by atoms with van der Waals surface area (Å²) in [6, 6.07) is 3.69. The van der Waals surface area contributed by atoms with Crippen molar-refractivity contribution < 1.29 is 19.1 Å². The number of anilines is 1. The smallest absolute Gasteiger partial charge is 0.308 e. The summed E-state index contributed by atoms with van der Waals surface area (Å²) in [6.45, 7) is 1.39. The zero-order valence-electron chi connectivity index (χ0n) is 9.24. The summed E-state index contributed by atoms with van der Waals surface area (Å²) in [4.78, 5) is 22.0. The lowest BCUT2D eigenvalue weighted by Gasteiger charge is -2.09. The van der Waals surface area contributed by atoms with Crippen molar-refractivity contribution in [3.05, 3.63) is 29.6 Å². The van der Waals surface area contributed by atoms with E-state index in [1.165, 1.54) is 19.1 Å². The molecule has 0 fully saturated rings. The van der Waals surface area contributed by atoms with Crippen molar-refractivity contribution >= 4 is 17.6 Å². The number of nitrogen functional groups attached to an aromatic ring is 1. The molecule has 1 amide bonds. The molecule has 0 bridgehead atoms. The van der Waals surface area contributed by atoms with Crippen LogP contribution in [-0.4, -0.2) is 23.5 Å². The highest BCUT2D eigenvalue weighted by atomic mass is 19.1. The summed E-state index contributed by atoms with van der Waals surface area (Å²) in [7, 11) is 0. The van der Waals surface area contributed by atoms with Gasteiger partial charge in [0, 0.05) is 12.2 Å². The van der Waals surface area contributed by atoms with Crippen LogP contribution in [0.2, 0.25) is 0 Å². The lowest BCUT2D eigenvalue weighted by Crippen LogP contribution is -2.31. The molecule has 1 aromatic rings. The van der Waals surface area contributed by atoms with Gasteiger partial charge in [0.05, 0.1) is 11.5 Å². The molecule has 92 valence electrons. The molecule has 0 radical (unpaired) electrons. The highest BCUT2D eigenvalue weighted by Gasteiger charge is 2.15. The van der Waals surface area contributed by atoms with Gasteiger partial charge in [-0.2, -0.15) is 0 Å². The topological polar surface area (TPSA) is 92.4 Å². The van der Waals surface area contributed by atoms with E-state index in [4.69, 9.17) is 10.8 Å². The molecular weight excluding hydrogens is 227 g/mol. The summed E-state index contributed by atoms with van der Waals surface area (Å²) in [6.07, 6.45) is 0. The summed E-state index contributed by atoms with van der Waals surface area (Å²) in [5.41, 5.74) is 5.40. The molecule has 0 saturated heterocycles. The van der Waals surface area contributed by atoms with Gasteiger partial charge in [0.2, 0.25) is 0 Å². The predicted octanol–water partition coefficient (Wildman–Crippen LogP) is 0.858. The van der Waals surface area contributed by atoms with Gasteiger partial charge in [-0.05, 0) is 18.2 Å². The lowest BCUT2D eigenvalue weighted by molar-refractivity contribution is -0.140. The van der Waals surface area contributed by atoms with Crippen molar-refractivity contribution in [3.63, 3.8) is 0 Å². The number of carboxylic acids is 1. The average Bonchev–Trinajstić information content (AvgIpc) is 2.25. The molecule has 0 aliphatic carbocycles. The number of amides is 1. The van der Waals surface area contributed by atoms with Gasteiger partial charge in [-0.1, -0.05) is 6.92 Å². The molecule has 0 heterocycles. The maximum atomic E-state index is 13.3. The van der Waals surface area contributed by atoms with Crippen molar-refractivity contribution in [1.82, 2.24) is 5.32 Å². The van der Waals surface area contributed by atoms with Crippen LogP contribution in [0.4, 0.5) is 10.1 Å². The van der Waals surface area contributed by atoms with E-state index in [2.05, 4.69) is 5.32 Å². The molecule has 17 heavy (non-hydrogen) atoms. The summed E-state index contributed by atoms with van der Waals surface area (Å²) in [5, 5.41) is 11.0. The van der Waals surface area contributed by atoms with Gasteiger partial charge in [0.1, 0.15) is 5.82 Å². The predicted molar refractivity (Wildman–Crippen MR) is 59.9 cm³/mol. The Kier molecular flexibility index (Phi) is 4.03. The minimum atomic E-state index is -1.02. The average molecular weight is 240 g/mol. The van der Waals surface area contributed by atoms with Crippen LogP contribution in [0.5, 0.6) is 0 Å². The molecule has 0 aromatic heterocycles. The number of carbonyl (C=O) groups is 2. The second-order valence-electron chi connectivity index (χ2n) is 3.69. The summed E-state index contributed by atoms with van der Waals surface area (Å²) >= 11 is 0. The molecule has 0 aliphatic rings. The SMILES string of the molecule is CC(CNC(=O)c1ccc(N)cc1F)C(=O)O. The van der Waals surface area contributed by atoms with Crippen molar-refractivity contribution in [2.45, 2.75) is 6.92 Å². The highest BCUT2D eigenvalue weighted by Crippen LogP contribution is 2.11. The van der Waals surface area contributed by atoms with Crippen LogP contribution in [-0.2, 0) is 4.79 Å². The first kappa shape index (κ1) is 13.0. The number of hydrogen-bond donors (Lipinski definition) is 3. The van der Waals surface area contributed by atoms with E-state index >= 15 is 0 Å². The number of carboxylic acid groups (broad SMARTS) is 1. The van der Waals surface area contributed by atoms with Crippen LogP contribution in [0.1, 0.15) is 17.3 Å². The Morgan fingerprint density at radius 1 is 1.53 bits per heavy atom. The van der Waals surface area contributed by atoms with Gasteiger partial charge >= 0.3 is 5.97 Å². The van der Waals surface area contributed by atoms with E-state index in [1.54, 1.807) is 0 Å². The standard InChI is InChI=1S/C11H13FN2O3/c1-6(11(16)17)5-14-10(15)8-3-2-7(13)4-9(8)12/h2-4,6H,5,13H2,1H3,(H,14,15)(H,16,17). The van der Waals surface area contributed by atoms with Crippen LogP contribution < -0.4 is 11.1 Å². The molecule has 4 N–H and O–H groups in total. The Morgan fingerprint density at radius 3 is 2.71 bits per heavy atom. The first-order valence-electron chi connectivity index (χ1n) is 4.98. The Balaban J connectivity index is 2.67. The first-order chi connectivity index (χ1) is 7.91. The third-order valence-corrected chi connectivity index (χ3v) is 2.23. The Labute approximate surface area is 97.4 Å². The fraction of sp³-hybridized carbons (Fsp3) is 0.273. The van der Waals surface area contributed by atoms with Crippen molar-refractivity contribution in [2.75, 3.05) is 12.3 Å². The number of carbonyl (C=O) groups excluding carboxylic acids is 1. The molecular formula is C11H13FN2O3. The van der Waals surface area contributed by atoms with E-state index in [0.29, 0.717) is 0 Å². The number of nitrogens with two attached hydrogens (primary N) is 1. The van der Waals surface area contributed by atoms with Crippen molar-refractivity contribution in [3.8, 4) is 0 Å². The third kappa shape index (κ3) is 3.44. The minimum absolute atomic E-state index is 0.0576. The van der Waals surface area contributed by atoms with E-state index in [0.717, 1.165) is 6.07 Å². The zero-order valence-corrected chi connectivity index (χ0v) is 9.24. The normalized spacial score (nSPS) is 11.9. The van der Waals surface area contributed by atoms with Gasteiger partial charge in [0.25, 0.3) is 5.91 Å². The number of nitrogens with one attached hydrogen (secondary N) is 1. The number of aliphatic carboxylic acids is 1. The van der Waals surface area contributed by atoms with Gasteiger partial charge in [-0.15, -0.1) is 0 Å². The molecule has 0 aliphatic heterocycles. The highest BCUT2D eigenvalue weighted by molar-refractivity contribution is 5.95. The van der Waals surface area contributed by atoms with Gasteiger partial charge in [-0.25, -0.2) is 4.39 Å². The Hall–Kier alpha value is -2.11. The summed E-state index contributed by atoms with van der Waals surface area (Å²) < 4.78 is 13.3. The quantitative estimate of drug-likeness (QED) is 0.680. The molecule has 5 nitrogen and oxygen atoms in total. The molecule has 1 atom stereocenters. The largest absolute Gasteiger partial charge is 0.481 e. The molecule has 6 heteroatoms. The van der Waals surface area contributed by atoms with Crippen molar-refractivity contribution in [2.24, 2.45) is 5.92 Å². The van der Waals surface area contributed by atoms with Crippen molar-refractivity contribution in [1.29, 1.82) is 0 Å². The second kappa shape index (κ2) is 5.29. The lowest BCUT2D eigenvalue weighted by atomic mass is 10.1. The molecule has 1 rings (SSSR count). The van der Waals surface area contributed by atoms with Crippen LogP contribution in [0.3, 0.4) is 0 Å². The van der Waals surface area contributed by atoms with E-state index < -0.39 is 23.6 Å². The Bertz CT molecular complexity index is 448. The maximum absolute atomic E-state index is 13.3. The number of rotatable bonds is 4. The van der Waals surface area contributed by atoms with Gasteiger partial charge in [0.15, 0.2) is 0 Å². The fourth-order valence-electron chi connectivity index (χ4n) is 1.14. The van der Waals surface area contributed by atoms with E-state index in [-0.39, 0.29) is 17.8 Å². The van der Waals surface area contributed by atoms with Gasteiger partial charge < -0.3 is 16.2 Å². The first-order valence-corrected chi connectivity index (χ1v) is 4.98. The summed E-state index contributed by atoms with van der Waals surface area (Å²) in [5.74, 6) is -3.14. The van der Waals surface area contributed by atoms with Crippen LogP contribution in [0.25, 0.3) is 0 Å². The van der Waals surface area contributed by atoms with Crippen LogP contribution in [0, 0.1) is 11.7 Å². The number of halogens is 1. The third-order valence-electron chi connectivity index (χ3n) is 2.23. The van der Waals surface area contributed by atoms with Gasteiger partial charge in [-0.3, -0.25) is 9.59 Å². The van der Waals surface area contributed by atoms with Crippen LogP contribution >= 0.6 is 0 Å². The van der Waals surface area contributed by atoms with E-state index in [9.17, 15) is 14.0 Å². The minimum Gasteiger partial charge on any atom is -0.481 e. The monoisotopic (exact) mass is 240 g/mol. The van der Waals surface area contributed by atoms with E-state index in [1.807, 2.05) is 0 Å². The fourth-order valence-corrected chi connectivity index (χ4v) is 1.14. The maximum Gasteiger partial charge on any atom is 0.308 e. The zero-order chi connectivity index (χ0) is 13.0. The number of hydrogen-bond acceptors (Lipinski definition) is 3. The Morgan fingerprint density at radius 2 is 2.18 bits per heavy atom. The number of benzene rings is 1. The molecule has 0 spiro atoms. The second-order valence-corrected chi connectivity index (χ2v) is 3.69. The molecule has 1 unspecified atom stereocenters. The molecule has 0 saturated carbocycles. The molecule has 1 aromatic carbocycles.